The standard InChI is InChI=1S/C13H17NO/c1-4-10-5-6-11-8-13(15)14(9(2)3)12(11)7-10/h5-7,9H,4,8H2,1-3H3. The van der Waals surface area contributed by atoms with Crippen molar-refractivity contribution in [2.24, 2.45) is 0 Å². The van der Waals surface area contributed by atoms with Gasteiger partial charge in [-0.25, -0.2) is 0 Å². The Bertz CT molecular complexity index is 396. The molecule has 0 radical (unpaired) electrons. The summed E-state index contributed by atoms with van der Waals surface area (Å²) < 4.78 is 0. The van der Waals surface area contributed by atoms with Crippen LogP contribution in [0.2, 0.25) is 0 Å². The summed E-state index contributed by atoms with van der Waals surface area (Å²) in [6.45, 7) is 6.26. The molecule has 1 amide bonds. The van der Waals surface area contributed by atoms with Gasteiger partial charge in [0.05, 0.1) is 6.42 Å². The zero-order valence-electron chi connectivity index (χ0n) is 9.58. The number of carbonyl (C=O) groups excluding carboxylic acids is 1. The van der Waals surface area contributed by atoms with Crippen LogP contribution in [-0.4, -0.2) is 11.9 Å². The van der Waals surface area contributed by atoms with E-state index < -0.39 is 0 Å². The molecule has 0 aliphatic carbocycles. The van der Waals surface area contributed by atoms with Crippen LogP contribution in [0.4, 0.5) is 5.69 Å². The predicted molar refractivity (Wildman–Crippen MR) is 62.1 cm³/mol. The molecule has 1 heterocycles. The molecule has 80 valence electrons. The first-order valence-electron chi connectivity index (χ1n) is 5.57. The minimum atomic E-state index is 0.230. The first kappa shape index (κ1) is 10.2. The average molecular weight is 203 g/mol. The third kappa shape index (κ3) is 1.65. The number of rotatable bonds is 2. The van der Waals surface area contributed by atoms with Crippen LogP contribution in [-0.2, 0) is 17.6 Å². The molecule has 0 N–H and O–H groups in total. The van der Waals surface area contributed by atoms with Crippen LogP contribution in [0.1, 0.15) is 31.9 Å². The number of amides is 1. The van der Waals surface area contributed by atoms with E-state index in [2.05, 4.69) is 39.0 Å². The van der Waals surface area contributed by atoms with Crippen molar-refractivity contribution in [1.82, 2.24) is 0 Å². The fraction of sp³-hybridized carbons (Fsp3) is 0.462. The Morgan fingerprint density at radius 3 is 2.73 bits per heavy atom. The normalized spacial score (nSPS) is 14.9. The van der Waals surface area contributed by atoms with Crippen molar-refractivity contribution >= 4 is 11.6 Å². The minimum absolute atomic E-state index is 0.230. The van der Waals surface area contributed by atoms with Crippen molar-refractivity contribution in [3.05, 3.63) is 29.3 Å². The first-order valence-corrected chi connectivity index (χ1v) is 5.57. The van der Waals surface area contributed by atoms with E-state index in [9.17, 15) is 4.79 Å². The van der Waals surface area contributed by atoms with E-state index in [1.807, 2.05) is 4.90 Å². The van der Waals surface area contributed by atoms with E-state index in [0.717, 1.165) is 12.1 Å². The first-order chi connectivity index (χ1) is 7.13. The lowest BCUT2D eigenvalue weighted by Crippen LogP contribution is -2.33. The Labute approximate surface area is 90.9 Å². The number of anilines is 1. The maximum Gasteiger partial charge on any atom is 0.231 e. The summed E-state index contributed by atoms with van der Waals surface area (Å²) >= 11 is 0. The smallest absolute Gasteiger partial charge is 0.231 e. The molecule has 1 aromatic rings. The molecule has 15 heavy (non-hydrogen) atoms. The van der Waals surface area contributed by atoms with Crippen molar-refractivity contribution in [1.29, 1.82) is 0 Å². The van der Waals surface area contributed by atoms with Gasteiger partial charge in [0, 0.05) is 11.7 Å². The van der Waals surface area contributed by atoms with Gasteiger partial charge in [-0.05, 0) is 37.5 Å². The molecule has 0 unspecified atom stereocenters. The van der Waals surface area contributed by atoms with Crippen LogP contribution >= 0.6 is 0 Å². The highest BCUT2D eigenvalue weighted by Gasteiger charge is 2.28. The lowest BCUT2D eigenvalue weighted by Gasteiger charge is -2.22. The number of aryl methyl sites for hydroxylation is 1. The molecular weight excluding hydrogens is 186 g/mol. The Morgan fingerprint density at radius 1 is 1.40 bits per heavy atom. The molecule has 2 nitrogen and oxygen atoms in total. The Hall–Kier alpha value is -1.31. The molecular formula is C13H17NO. The van der Waals surface area contributed by atoms with Crippen molar-refractivity contribution in [2.45, 2.75) is 39.7 Å². The SMILES string of the molecule is CCc1ccc2c(c1)N(C(C)C)C(=O)C2. The third-order valence-electron chi connectivity index (χ3n) is 2.94. The summed E-state index contributed by atoms with van der Waals surface area (Å²) in [6, 6.07) is 6.62. The van der Waals surface area contributed by atoms with Crippen LogP contribution in [0, 0.1) is 0 Å². The number of nitrogens with zero attached hydrogens (tertiary/aromatic N) is 1. The minimum Gasteiger partial charge on any atom is -0.309 e. The highest BCUT2D eigenvalue weighted by atomic mass is 16.2. The summed E-state index contributed by atoms with van der Waals surface area (Å²) in [6.07, 6.45) is 1.59. The molecule has 0 aromatic heterocycles. The van der Waals surface area contributed by atoms with Crippen molar-refractivity contribution in [3.8, 4) is 0 Å². The third-order valence-corrected chi connectivity index (χ3v) is 2.94. The molecule has 0 saturated heterocycles. The van der Waals surface area contributed by atoms with Gasteiger partial charge >= 0.3 is 0 Å². The van der Waals surface area contributed by atoms with Gasteiger partial charge in [0.2, 0.25) is 5.91 Å². The molecule has 0 bridgehead atoms. The van der Waals surface area contributed by atoms with Gasteiger partial charge in [0.15, 0.2) is 0 Å². The molecule has 2 heteroatoms. The van der Waals surface area contributed by atoms with E-state index >= 15 is 0 Å². The van der Waals surface area contributed by atoms with Crippen molar-refractivity contribution in [2.75, 3.05) is 4.90 Å². The van der Waals surface area contributed by atoms with Gasteiger partial charge in [-0.15, -0.1) is 0 Å². The Morgan fingerprint density at radius 2 is 2.13 bits per heavy atom. The number of carbonyl (C=O) groups is 1. The van der Waals surface area contributed by atoms with Crippen LogP contribution in [0.3, 0.4) is 0 Å². The second-order valence-electron chi connectivity index (χ2n) is 4.35. The van der Waals surface area contributed by atoms with Crippen LogP contribution in [0.25, 0.3) is 0 Å². The monoisotopic (exact) mass is 203 g/mol. The molecule has 0 atom stereocenters. The van der Waals surface area contributed by atoms with E-state index in [1.54, 1.807) is 0 Å². The Kier molecular flexibility index (Phi) is 2.51. The van der Waals surface area contributed by atoms with E-state index in [0.29, 0.717) is 6.42 Å². The Balaban J connectivity index is 2.46. The predicted octanol–water partition coefficient (Wildman–Crippen LogP) is 2.55. The summed E-state index contributed by atoms with van der Waals surface area (Å²) in [5.41, 5.74) is 3.59. The van der Waals surface area contributed by atoms with Gasteiger partial charge in [-0.1, -0.05) is 19.1 Å². The lowest BCUT2D eigenvalue weighted by molar-refractivity contribution is -0.117. The molecule has 1 aliphatic rings. The molecule has 1 aliphatic heterocycles. The fourth-order valence-electron chi connectivity index (χ4n) is 2.15. The number of hydrogen-bond acceptors (Lipinski definition) is 1. The zero-order valence-corrected chi connectivity index (χ0v) is 9.58. The average Bonchev–Trinajstić information content (AvgIpc) is 2.52. The quantitative estimate of drug-likeness (QED) is 0.723. The van der Waals surface area contributed by atoms with Gasteiger partial charge in [0.25, 0.3) is 0 Å². The highest BCUT2D eigenvalue weighted by Crippen LogP contribution is 2.31. The van der Waals surface area contributed by atoms with Gasteiger partial charge < -0.3 is 4.90 Å². The molecule has 2 rings (SSSR count). The van der Waals surface area contributed by atoms with Gasteiger partial charge in [-0.2, -0.15) is 0 Å². The topological polar surface area (TPSA) is 20.3 Å². The van der Waals surface area contributed by atoms with Crippen molar-refractivity contribution < 1.29 is 4.79 Å². The van der Waals surface area contributed by atoms with Gasteiger partial charge in [0.1, 0.15) is 0 Å². The molecule has 0 saturated carbocycles. The largest absolute Gasteiger partial charge is 0.309 e. The van der Waals surface area contributed by atoms with E-state index in [-0.39, 0.29) is 11.9 Å². The number of hydrogen-bond donors (Lipinski definition) is 0. The van der Waals surface area contributed by atoms with Crippen LogP contribution in [0.5, 0.6) is 0 Å². The number of benzene rings is 1. The fourth-order valence-corrected chi connectivity index (χ4v) is 2.15. The second kappa shape index (κ2) is 3.69. The maximum absolute atomic E-state index is 11.8. The van der Waals surface area contributed by atoms with E-state index in [4.69, 9.17) is 0 Å². The summed E-state index contributed by atoms with van der Waals surface area (Å²) in [7, 11) is 0. The van der Waals surface area contributed by atoms with Gasteiger partial charge in [-0.3, -0.25) is 4.79 Å². The number of fused-ring (bicyclic) bond motifs is 1. The summed E-state index contributed by atoms with van der Waals surface area (Å²) in [4.78, 5) is 13.7. The summed E-state index contributed by atoms with van der Waals surface area (Å²) in [5.74, 6) is 0.230. The van der Waals surface area contributed by atoms with Crippen LogP contribution < -0.4 is 4.90 Å². The van der Waals surface area contributed by atoms with E-state index in [1.165, 1.54) is 11.1 Å². The molecule has 0 fully saturated rings. The molecule has 0 spiro atoms. The van der Waals surface area contributed by atoms with Crippen LogP contribution in [0.15, 0.2) is 18.2 Å². The highest BCUT2D eigenvalue weighted by molar-refractivity contribution is 6.01. The van der Waals surface area contributed by atoms with Crippen molar-refractivity contribution in [3.63, 3.8) is 0 Å². The second-order valence-corrected chi connectivity index (χ2v) is 4.35. The molecule has 1 aromatic carbocycles. The summed E-state index contributed by atoms with van der Waals surface area (Å²) in [5, 5.41) is 0. The maximum atomic E-state index is 11.8. The lowest BCUT2D eigenvalue weighted by atomic mass is 10.1. The zero-order chi connectivity index (χ0) is 11.0.